The first kappa shape index (κ1) is 19.0. The lowest BCUT2D eigenvalue weighted by molar-refractivity contribution is -0.118. The predicted molar refractivity (Wildman–Crippen MR) is 105 cm³/mol. The van der Waals surface area contributed by atoms with Crippen molar-refractivity contribution in [3.8, 4) is 17.4 Å². The van der Waals surface area contributed by atoms with Gasteiger partial charge in [-0.05, 0) is 37.0 Å². The third-order valence-electron chi connectivity index (χ3n) is 5.14. The summed E-state index contributed by atoms with van der Waals surface area (Å²) in [7, 11) is 1.63. The second kappa shape index (κ2) is 8.38. The molecule has 0 atom stereocenters. The summed E-state index contributed by atoms with van der Waals surface area (Å²) < 4.78 is 16.3. The van der Waals surface area contributed by atoms with Gasteiger partial charge in [0.2, 0.25) is 5.88 Å². The number of fused-ring (bicyclic) bond motifs is 1. The highest BCUT2D eigenvalue weighted by Crippen LogP contribution is 2.27. The molecule has 0 spiro atoms. The fraction of sp³-hybridized carbons (Fsp3) is 0.381. The highest BCUT2D eigenvalue weighted by Gasteiger charge is 2.26. The minimum Gasteiger partial charge on any atom is -0.497 e. The van der Waals surface area contributed by atoms with E-state index in [-0.39, 0.29) is 18.4 Å². The summed E-state index contributed by atoms with van der Waals surface area (Å²) >= 11 is 0. The van der Waals surface area contributed by atoms with Crippen molar-refractivity contribution in [3.63, 3.8) is 0 Å². The van der Waals surface area contributed by atoms with Crippen molar-refractivity contribution in [2.24, 2.45) is 5.92 Å². The number of anilines is 1. The zero-order valence-electron chi connectivity index (χ0n) is 16.2. The van der Waals surface area contributed by atoms with Gasteiger partial charge in [0.15, 0.2) is 6.61 Å². The van der Waals surface area contributed by atoms with E-state index in [4.69, 9.17) is 14.2 Å². The zero-order chi connectivity index (χ0) is 20.2. The van der Waals surface area contributed by atoms with Gasteiger partial charge in [0, 0.05) is 25.4 Å². The van der Waals surface area contributed by atoms with Gasteiger partial charge in [-0.25, -0.2) is 4.98 Å². The van der Waals surface area contributed by atoms with Crippen molar-refractivity contribution in [2.75, 3.05) is 38.7 Å². The van der Waals surface area contributed by atoms with Crippen molar-refractivity contribution in [1.29, 1.82) is 0 Å². The second-order valence-corrected chi connectivity index (χ2v) is 7.14. The number of aromatic nitrogens is 1. The fourth-order valence-corrected chi connectivity index (χ4v) is 3.48. The molecule has 8 nitrogen and oxygen atoms in total. The molecule has 1 fully saturated rings. The Morgan fingerprint density at radius 2 is 2.07 bits per heavy atom. The van der Waals surface area contributed by atoms with Gasteiger partial charge in [-0.1, -0.05) is 6.07 Å². The molecule has 152 valence electrons. The quantitative estimate of drug-likeness (QED) is 0.833. The van der Waals surface area contributed by atoms with Gasteiger partial charge in [-0.2, -0.15) is 0 Å². The Balaban J connectivity index is 1.30. The summed E-state index contributed by atoms with van der Waals surface area (Å²) in [6, 6.07) is 9.18. The molecule has 4 rings (SSSR count). The van der Waals surface area contributed by atoms with E-state index < -0.39 is 0 Å². The average Bonchev–Trinajstić information content (AvgIpc) is 2.77. The molecule has 2 aliphatic rings. The number of methoxy groups -OCH3 is 1. The smallest absolute Gasteiger partial charge is 0.262 e. The summed E-state index contributed by atoms with van der Waals surface area (Å²) in [6.45, 7) is 1.87. The lowest BCUT2D eigenvalue weighted by Gasteiger charge is -2.32. The summed E-state index contributed by atoms with van der Waals surface area (Å²) in [5.41, 5.74) is 0.884. The van der Waals surface area contributed by atoms with Crippen LogP contribution in [0.2, 0.25) is 0 Å². The lowest BCUT2D eigenvalue weighted by Crippen LogP contribution is -2.39. The maximum absolute atomic E-state index is 12.8. The van der Waals surface area contributed by atoms with Crippen LogP contribution in [-0.4, -0.2) is 55.1 Å². The molecule has 1 saturated heterocycles. The van der Waals surface area contributed by atoms with Crippen molar-refractivity contribution in [1.82, 2.24) is 9.88 Å². The van der Waals surface area contributed by atoms with Crippen molar-refractivity contribution >= 4 is 17.5 Å². The fourth-order valence-electron chi connectivity index (χ4n) is 3.48. The molecule has 8 heteroatoms. The molecule has 0 bridgehead atoms. The minimum absolute atomic E-state index is 0.0569. The van der Waals surface area contributed by atoms with Crippen LogP contribution < -0.4 is 19.5 Å². The number of likely N-dealkylation sites (tertiary alicyclic amines) is 1. The topological polar surface area (TPSA) is 90.0 Å². The second-order valence-electron chi connectivity index (χ2n) is 7.14. The molecule has 2 aromatic rings. The molecule has 2 amide bonds. The number of pyridine rings is 1. The zero-order valence-corrected chi connectivity index (χ0v) is 16.2. The van der Waals surface area contributed by atoms with Gasteiger partial charge in [-0.15, -0.1) is 0 Å². The number of hydrogen-bond acceptors (Lipinski definition) is 6. The number of nitrogens with zero attached hydrogens (tertiary/aromatic N) is 2. The van der Waals surface area contributed by atoms with Crippen LogP contribution in [0.5, 0.6) is 17.4 Å². The summed E-state index contributed by atoms with van der Waals surface area (Å²) in [4.78, 5) is 30.2. The monoisotopic (exact) mass is 397 g/mol. The molecule has 3 heterocycles. The first-order valence-corrected chi connectivity index (χ1v) is 9.61. The molecule has 2 aliphatic heterocycles. The Kier molecular flexibility index (Phi) is 5.50. The number of carbonyl (C=O) groups excluding carboxylic acids is 2. The van der Waals surface area contributed by atoms with Gasteiger partial charge >= 0.3 is 0 Å². The van der Waals surface area contributed by atoms with E-state index in [2.05, 4.69) is 10.3 Å². The van der Waals surface area contributed by atoms with Gasteiger partial charge in [0.25, 0.3) is 11.8 Å². The number of rotatable bonds is 5. The molecule has 0 saturated carbocycles. The van der Waals surface area contributed by atoms with Crippen LogP contribution in [0.1, 0.15) is 23.2 Å². The average molecular weight is 397 g/mol. The van der Waals surface area contributed by atoms with Gasteiger partial charge in [0.1, 0.15) is 17.2 Å². The third kappa shape index (κ3) is 4.42. The van der Waals surface area contributed by atoms with Crippen LogP contribution in [0.25, 0.3) is 0 Å². The van der Waals surface area contributed by atoms with Crippen LogP contribution in [0.4, 0.5) is 5.69 Å². The number of benzene rings is 1. The van der Waals surface area contributed by atoms with E-state index in [0.29, 0.717) is 42.7 Å². The Bertz CT molecular complexity index is 909. The maximum atomic E-state index is 12.8. The largest absolute Gasteiger partial charge is 0.497 e. The Morgan fingerprint density at radius 3 is 2.86 bits per heavy atom. The van der Waals surface area contributed by atoms with E-state index in [1.165, 1.54) is 6.20 Å². The molecule has 0 unspecified atom stereocenters. The molecule has 29 heavy (non-hydrogen) atoms. The molecule has 1 N–H and O–H groups in total. The molecular weight excluding hydrogens is 374 g/mol. The highest BCUT2D eigenvalue weighted by atomic mass is 16.5. The SMILES string of the molecule is COc1cccc(OCC2CCN(C(=O)c3cnc4c(c3)NC(=O)CO4)CC2)c1. The van der Waals surface area contributed by atoms with Crippen molar-refractivity contribution in [2.45, 2.75) is 12.8 Å². The molecule has 1 aromatic heterocycles. The number of piperidine rings is 1. The van der Waals surface area contributed by atoms with Crippen LogP contribution in [-0.2, 0) is 4.79 Å². The number of nitrogens with one attached hydrogen (secondary N) is 1. The Labute approximate surface area is 168 Å². The van der Waals surface area contributed by atoms with Crippen LogP contribution >= 0.6 is 0 Å². The van der Waals surface area contributed by atoms with Gasteiger partial charge in [-0.3, -0.25) is 9.59 Å². The maximum Gasteiger partial charge on any atom is 0.262 e. The first-order chi connectivity index (χ1) is 14.1. The van der Waals surface area contributed by atoms with Crippen LogP contribution in [0, 0.1) is 5.92 Å². The van der Waals surface area contributed by atoms with Gasteiger partial charge in [0.05, 0.1) is 19.3 Å². The lowest BCUT2D eigenvalue weighted by atomic mass is 9.97. The first-order valence-electron chi connectivity index (χ1n) is 9.61. The Morgan fingerprint density at radius 1 is 1.28 bits per heavy atom. The highest BCUT2D eigenvalue weighted by molar-refractivity contribution is 5.99. The van der Waals surface area contributed by atoms with Crippen molar-refractivity contribution < 1.29 is 23.8 Å². The van der Waals surface area contributed by atoms with E-state index in [0.717, 1.165) is 24.3 Å². The third-order valence-corrected chi connectivity index (χ3v) is 5.14. The Hall–Kier alpha value is -3.29. The molecule has 0 aliphatic carbocycles. The summed E-state index contributed by atoms with van der Waals surface area (Å²) in [6.07, 6.45) is 3.23. The van der Waals surface area contributed by atoms with Gasteiger partial charge < -0.3 is 24.4 Å². The number of carbonyl (C=O) groups is 2. The molecular formula is C21H23N3O5. The molecule has 0 radical (unpaired) electrons. The summed E-state index contributed by atoms with van der Waals surface area (Å²) in [5, 5.41) is 2.68. The van der Waals surface area contributed by atoms with E-state index in [9.17, 15) is 9.59 Å². The van der Waals surface area contributed by atoms with E-state index >= 15 is 0 Å². The van der Waals surface area contributed by atoms with Crippen molar-refractivity contribution in [3.05, 3.63) is 42.1 Å². The summed E-state index contributed by atoms with van der Waals surface area (Å²) in [5.74, 6) is 1.94. The predicted octanol–water partition coefficient (Wildman–Crippen LogP) is 2.35. The minimum atomic E-state index is -0.249. The number of hydrogen-bond donors (Lipinski definition) is 1. The number of amides is 2. The van der Waals surface area contributed by atoms with Crippen LogP contribution in [0.15, 0.2) is 36.5 Å². The number of ether oxygens (including phenoxy) is 3. The van der Waals surface area contributed by atoms with E-state index in [1.807, 2.05) is 29.2 Å². The standard InChI is InChI=1S/C21H23N3O5/c1-27-16-3-2-4-17(10-16)28-12-14-5-7-24(8-6-14)21(26)15-9-18-20(22-11-15)29-13-19(25)23-18/h2-4,9-11,14H,5-8,12-13H2,1H3,(H,23,25). The van der Waals surface area contributed by atoms with Crippen LogP contribution in [0.3, 0.4) is 0 Å². The van der Waals surface area contributed by atoms with E-state index in [1.54, 1.807) is 13.2 Å². The normalized spacial score (nSPS) is 16.4. The molecule has 1 aromatic carbocycles.